The van der Waals surface area contributed by atoms with Crippen LogP contribution in [0.15, 0.2) is 24.3 Å². The largest absolute Gasteiger partial charge is 0.383 e. The molecule has 0 aliphatic rings. The molecule has 4 heteroatoms. The summed E-state index contributed by atoms with van der Waals surface area (Å²) in [6, 6.07) is 7.00. The molecule has 108 valence electrons. The predicted molar refractivity (Wildman–Crippen MR) is 76.8 cm³/mol. The minimum atomic E-state index is -0.142. The van der Waals surface area contributed by atoms with E-state index < -0.39 is 0 Å². The Labute approximate surface area is 115 Å². The molecule has 0 aliphatic carbocycles. The van der Waals surface area contributed by atoms with Gasteiger partial charge in [-0.3, -0.25) is 0 Å². The zero-order chi connectivity index (χ0) is 14.1. The van der Waals surface area contributed by atoms with Gasteiger partial charge in [0.05, 0.1) is 6.61 Å². The smallest absolute Gasteiger partial charge is 0.128 e. The van der Waals surface area contributed by atoms with Crippen molar-refractivity contribution in [3.8, 4) is 0 Å². The quantitative estimate of drug-likeness (QED) is 0.744. The van der Waals surface area contributed by atoms with Crippen molar-refractivity contribution in [1.82, 2.24) is 10.2 Å². The number of nitrogens with one attached hydrogen (secondary N) is 1. The Morgan fingerprint density at radius 3 is 2.74 bits per heavy atom. The number of benzene rings is 1. The topological polar surface area (TPSA) is 24.5 Å². The molecule has 1 aromatic rings. The van der Waals surface area contributed by atoms with E-state index in [0.29, 0.717) is 6.61 Å². The zero-order valence-electron chi connectivity index (χ0n) is 12.2. The van der Waals surface area contributed by atoms with Crippen molar-refractivity contribution in [1.29, 1.82) is 0 Å². The number of rotatable bonds is 9. The fraction of sp³-hybridized carbons (Fsp3) is 0.600. The van der Waals surface area contributed by atoms with Gasteiger partial charge in [-0.15, -0.1) is 0 Å². The second-order valence-corrected chi connectivity index (χ2v) is 4.78. The minimum absolute atomic E-state index is 0.0167. The highest BCUT2D eigenvalue weighted by atomic mass is 19.1. The number of likely N-dealkylation sites (N-methyl/N-ethyl adjacent to an activating group) is 1. The molecule has 1 aromatic carbocycles. The fourth-order valence-electron chi connectivity index (χ4n) is 2.00. The molecule has 0 amide bonds. The summed E-state index contributed by atoms with van der Waals surface area (Å²) in [6.07, 6.45) is 1.03. The van der Waals surface area contributed by atoms with E-state index in [1.165, 1.54) is 6.07 Å². The standard InChI is InChI=1S/C15H25FN2O/c1-4-9-17-15(12-18(2)10-11-19-3)13-7-5-6-8-14(13)16/h5-8,15,17H,4,9-12H2,1-3H3. The summed E-state index contributed by atoms with van der Waals surface area (Å²) in [5, 5.41) is 3.41. The van der Waals surface area contributed by atoms with E-state index in [-0.39, 0.29) is 11.9 Å². The first-order valence-electron chi connectivity index (χ1n) is 6.84. The summed E-state index contributed by atoms with van der Waals surface area (Å²) < 4.78 is 19.0. The maximum atomic E-state index is 13.9. The van der Waals surface area contributed by atoms with Crippen molar-refractivity contribution in [2.75, 3.05) is 40.4 Å². The van der Waals surface area contributed by atoms with Crippen LogP contribution in [-0.2, 0) is 4.74 Å². The lowest BCUT2D eigenvalue weighted by atomic mass is 10.1. The van der Waals surface area contributed by atoms with Crippen LogP contribution in [0.5, 0.6) is 0 Å². The van der Waals surface area contributed by atoms with Crippen molar-refractivity contribution >= 4 is 0 Å². The van der Waals surface area contributed by atoms with Crippen molar-refractivity contribution in [2.24, 2.45) is 0 Å². The van der Waals surface area contributed by atoms with E-state index in [1.807, 2.05) is 19.2 Å². The third kappa shape index (κ3) is 5.68. The highest BCUT2D eigenvalue weighted by Gasteiger charge is 2.16. The van der Waals surface area contributed by atoms with E-state index in [0.717, 1.165) is 31.6 Å². The van der Waals surface area contributed by atoms with Crippen LogP contribution in [-0.4, -0.2) is 45.3 Å². The number of hydrogen-bond donors (Lipinski definition) is 1. The van der Waals surface area contributed by atoms with Crippen molar-refractivity contribution in [2.45, 2.75) is 19.4 Å². The van der Waals surface area contributed by atoms with Gasteiger partial charge < -0.3 is 15.0 Å². The van der Waals surface area contributed by atoms with Gasteiger partial charge in [0.2, 0.25) is 0 Å². The average molecular weight is 268 g/mol. The van der Waals surface area contributed by atoms with Crippen LogP contribution < -0.4 is 5.32 Å². The normalized spacial score (nSPS) is 12.9. The van der Waals surface area contributed by atoms with Crippen molar-refractivity contribution < 1.29 is 9.13 Å². The highest BCUT2D eigenvalue weighted by Crippen LogP contribution is 2.17. The number of ether oxygens (including phenoxy) is 1. The monoisotopic (exact) mass is 268 g/mol. The fourth-order valence-corrected chi connectivity index (χ4v) is 2.00. The van der Waals surface area contributed by atoms with Crippen LogP contribution in [0.2, 0.25) is 0 Å². The SMILES string of the molecule is CCCNC(CN(C)CCOC)c1ccccc1F. The van der Waals surface area contributed by atoms with Crippen LogP contribution >= 0.6 is 0 Å². The first-order valence-corrected chi connectivity index (χ1v) is 6.84. The number of nitrogens with zero attached hydrogens (tertiary/aromatic N) is 1. The number of hydrogen-bond acceptors (Lipinski definition) is 3. The zero-order valence-corrected chi connectivity index (χ0v) is 12.2. The molecular weight excluding hydrogens is 243 g/mol. The summed E-state index contributed by atoms with van der Waals surface area (Å²) in [5.74, 6) is -0.142. The summed E-state index contributed by atoms with van der Waals surface area (Å²) >= 11 is 0. The first kappa shape index (κ1) is 16.1. The van der Waals surface area contributed by atoms with Gasteiger partial charge in [0, 0.05) is 31.8 Å². The molecule has 0 saturated carbocycles. The Kier molecular flexibility index (Phi) is 7.63. The molecule has 0 aliphatic heterocycles. The summed E-state index contributed by atoms with van der Waals surface area (Å²) in [5.41, 5.74) is 0.736. The number of methoxy groups -OCH3 is 1. The Hall–Kier alpha value is -0.970. The molecule has 1 atom stereocenters. The lowest BCUT2D eigenvalue weighted by Gasteiger charge is -2.25. The second kappa shape index (κ2) is 9.02. The third-order valence-corrected chi connectivity index (χ3v) is 3.09. The lowest BCUT2D eigenvalue weighted by molar-refractivity contribution is 0.155. The van der Waals surface area contributed by atoms with E-state index in [4.69, 9.17) is 4.74 Å². The van der Waals surface area contributed by atoms with E-state index in [9.17, 15) is 4.39 Å². The predicted octanol–water partition coefficient (Wildman–Crippen LogP) is 2.44. The molecule has 3 nitrogen and oxygen atoms in total. The van der Waals surface area contributed by atoms with Crippen molar-refractivity contribution in [3.63, 3.8) is 0 Å². The number of halogens is 1. The van der Waals surface area contributed by atoms with Gasteiger partial charge in [0.15, 0.2) is 0 Å². The molecule has 0 saturated heterocycles. The van der Waals surface area contributed by atoms with Gasteiger partial charge in [0.25, 0.3) is 0 Å². The molecule has 0 heterocycles. The molecule has 1 unspecified atom stereocenters. The van der Waals surface area contributed by atoms with E-state index >= 15 is 0 Å². The van der Waals surface area contributed by atoms with Gasteiger partial charge >= 0.3 is 0 Å². The minimum Gasteiger partial charge on any atom is -0.383 e. The summed E-state index contributed by atoms with van der Waals surface area (Å²) in [6.45, 7) is 5.30. The van der Waals surface area contributed by atoms with Crippen LogP contribution in [0, 0.1) is 5.82 Å². The molecule has 0 radical (unpaired) electrons. The summed E-state index contributed by atoms with van der Waals surface area (Å²) in [4.78, 5) is 2.16. The van der Waals surface area contributed by atoms with Gasteiger partial charge in [-0.05, 0) is 26.1 Å². The van der Waals surface area contributed by atoms with Gasteiger partial charge in [-0.2, -0.15) is 0 Å². The Morgan fingerprint density at radius 2 is 2.11 bits per heavy atom. The molecule has 1 rings (SSSR count). The summed E-state index contributed by atoms with van der Waals surface area (Å²) in [7, 11) is 3.72. The molecule has 19 heavy (non-hydrogen) atoms. The molecule has 0 fully saturated rings. The van der Waals surface area contributed by atoms with Crippen LogP contribution in [0.4, 0.5) is 4.39 Å². The highest BCUT2D eigenvalue weighted by molar-refractivity contribution is 5.21. The Balaban J connectivity index is 2.69. The van der Waals surface area contributed by atoms with E-state index in [1.54, 1.807) is 13.2 Å². The van der Waals surface area contributed by atoms with Crippen LogP contribution in [0.1, 0.15) is 24.9 Å². The van der Waals surface area contributed by atoms with Crippen LogP contribution in [0.25, 0.3) is 0 Å². The van der Waals surface area contributed by atoms with Gasteiger partial charge in [0.1, 0.15) is 5.82 Å². The maximum Gasteiger partial charge on any atom is 0.128 e. The molecule has 0 spiro atoms. The lowest BCUT2D eigenvalue weighted by Crippen LogP contribution is -2.35. The Morgan fingerprint density at radius 1 is 1.37 bits per heavy atom. The van der Waals surface area contributed by atoms with Gasteiger partial charge in [-0.25, -0.2) is 4.39 Å². The van der Waals surface area contributed by atoms with Gasteiger partial charge in [-0.1, -0.05) is 25.1 Å². The second-order valence-electron chi connectivity index (χ2n) is 4.78. The molecule has 1 N–H and O–H groups in total. The van der Waals surface area contributed by atoms with Crippen molar-refractivity contribution in [3.05, 3.63) is 35.6 Å². The maximum absolute atomic E-state index is 13.9. The average Bonchev–Trinajstić information content (AvgIpc) is 2.42. The third-order valence-electron chi connectivity index (χ3n) is 3.09. The first-order chi connectivity index (χ1) is 9.19. The Bertz CT molecular complexity index is 360. The molecule has 0 bridgehead atoms. The molecular formula is C15H25FN2O. The molecule has 0 aromatic heterocycles. The van der Waals surface area contributed by atoms with E-state index in [2.05, 4.69) is 17.1 Å². The van der Waals surface area contributed by atoms with Crippen LogP contribution in [0.3, 0.4) is 0 Å².